The van der Waals surface area contributed by atoms with Gasteiger partial charge in [-0.15, -0.1) is 0 Å². The van der Waals surface area contributed by atoms with Crippen molar-refractivity contribution >= 4 is 5.91 Å². The number of nitrogens with zero attached hydrogens (tertiary/aromatic N) is 4. The van der Waals surface area contributed by atoms with Crippen LogP contribution in [0.4, 0.5) is 0 Å². The first-order chi connectivity index (χ1) is 14.6. The van der Waals surface area contributed by atoms with Crippen molar-refractivity contribution in [2.24, 2.45) is 0 Å². The topological polar surface area (TPSA) is 41.4 Å². The van der Waals surface area contributed by atoms with Crippen molar-refractivity contribution in [3.63, 3.8) is 0 Å². The first-order valence-electron chi connectivity index (χ1n) is 10.8. The van der Waals surface area contributed by atoms with Crippen LogP contribution in [0.3, 0.4) is 0 Å². The van der Waals surface area contributed by atoms with Gasteiger partial charge in [-0.05, 0) is 50.9 Å². The van der Waals surface area contributed by atoms with Crippen LogP contribution >= 0.6 is 0 Å². The Morgan fingerprint density at radius 1 is 1.00 bits per heavy atom. The third-order valence-corrected chi connectivity index (χ3v) is 6.44. The highest BCUT2D eigenvalue weighted by Crippen LogP contribution is 2.32. The van der Waals surface area contributed by atoms with Crippen LogP contribution in [0.2, 0.25) is 0 Å². The third-order valence-electron chi connectivity index (χ3n) is 6.44. The lowest BCUT2D eigenvalue weighted by molar-refractivity contribution is 0.0491. The molecule has 2 heterocycles. The number of likely N-dealkylation sites (N-methyl/N-ethyl adjacent to an activating group) is 1. The third kappa shape index (κ3) is 3.33. The fourth-order valence-electron chi connectivity index (χ4n) is 4.77. The van der Waals surface area contributed by atoms with E-state index in [1.54, 1.807) is 0 Å². The second kappa shape index (κ2) is 7.73. The van der Waals surface area contributed by atoms with Gasteiger partial charge >= 0.3 is 0 Å². The van der Waals surface area contributed by atoms with Crippen LogP contribution in [-0.4, -0.2) is 52.2 Å². The summed E-state index contributed by atoms with van der Waals surface area (Å²) in [5.74, 6) is 0.0703. The molecule has 0 unspecified atom stereocenters. The number of rotatable bonds is 3. The first-order valence-corrected chi connectivity index (χ1v) is 10.8. The molecular formula is C25H28N4O. The Morgan fingerprint density at radius 3 is 2.53 bits per heavy atom. The zero-order valence-corrected chi connectivity index (χ0v) is 17.7. The van der Waals surface area contributed by atoms with Gasteiger partial charge in [0.25, 0.3) is 5.91 Å². The number of benzene rings is 2. The standard InChI is InChI=1S/C25H28N4O/c1-18-11-13-20(14-12-18)29-22-10-6-9-21(22)24(26-29)25(30)28-16-15-27(2)17-23(28)19-7-4-3-5-8-19/h3-5,7-8,11-14,23H,6,9-10,15-17H2,1-2H3/t23-/m1/s1. The number of carbonyl (C=O) groups is 1. The number of piperazine rings is 1. The zero-order valence-electron chi connectivity index (χ0n) is 17.7. The molecule has 2 aromatic carbocycles. The van der Waals surface area contributed by atoms with Gasteiger partial charge in [-0.3, -0.25) is 4.79 Å². The first kappa shape index (κ1) is 19.1. The van der Waals surface area contributed by atoms with Crippen molar-refractivity contribution in [3.05, 3.63) is 82.7 Å². The summed E-state index contributed by atoms with van der Waals surface area (Å²) in [4.78, 5) is 18.1. The lowest BCUT2D eigenvalue weighted by atomic mass is 10.0. The van der Waals surface area contributed by atoms with Crippen molar-refractivity contribution in [2.45, 2.75) is 32.2 Å². The Labute approximate surface area is 177 Å². The van der Waals surface area contributed by atoms with Gasteiger partial charge in [0.15, 0.2) is 5.69 Å². The molecule has 5 nitrogen and oxygen atoms in total. The lowest BCUT2D eigenvalue weighted by Crippen LogP contribution is -2.49. The van der Waals surface area contributed by atoms with E-state index in [2.05, 4.69) is 67.4 Å². The summed E-state index contributed by atoms with van der Waals surface area (Å²) >= 11 is 0. The normalized spacial score (nSPS) is 19.1. The van der Waals surface area contributed by atoms with E-state index in [1.165, 1.54) is 16.8 Å². The van der Waals surface area contributed by atoms with Gasteiger partial charge in [0.1, 0.15) is 0 Å². The molecular weight excluding hydrogens is 372 g/mol. The molecule has 1 fully saturated rings. The zero-order chi connectivity index (χ0) is 20.7. The van der Waals surface area contributed by atoms with Crippen molar-refractivity contribution < 1.29 is 4.79 Å². The second-order valence-corrected chi connectivity index (χ2v) is 8.56. The number of amides is 1. The summed E-state index contributed by atoms with van der Waals surface area (Å²) in [6.45, 7) is 4.54. The molecule has 3 aromatic rings. The molecule has 1 atom stereocenters. The van der Waals surface area contributed by atoms with Gasteiger partial charge < -0.3 is 9.80 Å². The largest absolute Gasteiger partial charge is 0.328 e. The van der Waals surface area contributed by atoms with E-state index in [4.69, 9.17) is 5.10 Å². The van der Waals surface area contributed by atoms with Crippen LogP contribution in [-0.2, 0) is 12.8 Å². The Balaban J connectivity index is 1.53. The molecule has 1 amide bonds. The molecule has 1 aromatic heterocycles. The summed E-state index contributed by atoms with van der Waals surface area (Å²) in [6.07, 6.45) is 3.00. The SMILES string of the molecule is Cc1ccc(-n2nc(C(=O)N3CCN(C)C[C@@H]3c3ccccc3)c3c2CCC3)cc1. The fraction of sp³-hybridized carbons (Fsp3) is 0.360. The summed E-state index contributed by atoms with van der Waals surface area (Å²) in [5, 5.41) is 4.87. The lowest BCUT2D eigenvalue weighted by Gasteiger charge is -2.40. The summed E-state index contributed by atoms with van der Waals surface area (Å²) in [7, 11) is 2.13. The van der Waals surface area contributed by atoms with Gasteiger partial charge in [-0.25, -0.2) is 4.68 Å². The minimum Gasteiger partial charge on any atom is -0.328 e. The predicted molar refractivity (Wildman–Crippen MR) is 118 cm³/mol. The van der Waals surface area contributed by atoms with E-state index in [1.807, 2.05) is 15.6 Å². The Kier molecular flexibility index (Phi) is 4.91. The molecule has 1 saturated heterocycles. The van der Waals surface area contributed by atoms with E-state index in [9.17, 15) is 4.79 Å². The van der Waals surface area contributed by atoms with Gasteiger partial charge in [0.2, 0.25) is 0 Å². The maximum atomic E-state index is 13.8. The van der Waals surface area contributed by atoms with Crippen LogP contribution in [0.1, 0.15) is 45.3 Å². The fourth-order valence-corrected chi connectivity index (χ4v) is 4.77. The summed E-state index contributed by atoms with van der Waals surface area (Å²) in [5.41, 5.74) is 6.44. The molecule has 0 N–H and O–H groups in total. The van der Waals surface area contributed by atoms with E-state index in [-0.39, 0.29) is 11.9 Å². The molecule has 2 aliphatic rings. The Morgan fingerprint density at radius 2 is 1.77 bits per heavy atom. The molecule has 0 saturated carbocycles. The average Bonchev–Trinajstić information content (AvgIpc) is 3.37. The van der Waals surface area contributed by atoms with Crippen molar-refractivity contribution in [1.82, 2.24) is 19.6 Å². The molecule has 0 bridgehead atoms. The molecule has 0 radical (unpaired) electrons. The number of aryl methyl sites for hydroxylation is 1. The Bertz CT molecular complexity index is 1050. The highest BCUT2D eigenvalue weighted by atomic mass is 16.2. The number of hydrogen-bond acceptors (Lipinski definition) is 3. The molecule has 1 aliphatic carbocycles. The number of carbonyl (C=O) groups excluding carboxylic acids is 1. The Hall–Kier alpha value is -2.92. The molecule has 1 aliphatic heterocycles. The molecule has 5 rings (SSSR count). The number of fused-ring (bicyclic) bond motifs is 1. The van der Waals surface area contributed by atoms with Gasteiger partial charge in [0, 0.05) is 30.9 Å². The summed E-state index contributed by atoms with van der Waals surface area (Å²) in [6, 6.07) is 18.8. The van der Waals surface area contributed by atoms with Gasteiger partial charge in [-0.2, -0.15) is 5.10 Å². The van der Waals surface area contributed by atoms with Gasteiger partial charge in [0.05, 0.1) is 11.7 Å². The molecule has 0 spiro atoms. The van der Waals surface area contributed by atoms with Crippen LogP contribution in [0.5, 0.6) is 0 Å². The number of hydrogen-bond donors (Lipinski definition) is 0. The molecule has 5 heteroatoms. The minimum absolute atomic E-state index is 0.0547. The van der Waals surface area contributed by atoms with Crippen molar-refractivity contribution in [3.8, 4) is 5.69 Å². The smallest absolute Gasteiger partial charge is 0.275 e. The number of aromatic nitrogens is 2. The second-order valence-electron chi connectivity index (χ2n) is 8.56. The summed E-state index contributed by atoms with van der Waals surface area (Å²) < 4.78 is 2.00. The van der Waals surface area contributed by atoms with E-state index in [0.717, 1.165) is 50.1 Å². The average molecular weight is 401 g/mol. The highest BCUT2D eigenvalue weighted by molar-refractivity contribution is 5.94. The highest BCUT2D eigenvalue weighted by Gasteiger charge is 2.35. The van der Waals surface area contributed by atoms with Crippen molar-refractivity contribution in [1.29, 1.82) is 0 Å². The monoisotopic (exact) mass is 400 g/mol. The van der Waals surface area contributed by atoms with Crippen LogP contribution < -0.4 is 0 Å². The molecule has 30 heavy (non-hydrogen) atoms. The predicted octanol–water partition coefficient (Wildman–Crippen LogP) is 3.80. The minimum atomic E-state index is 0.0547. The van der Waals surface area contributed by atoms with Gasteiger partial charge in [-0.1, -0.05) is 48.0 Å². The van der Waals surface area contributed by atoms with Crippen molar-refractivity contribution in [2.75, 3.05) is 26.7 Å². The van der Waals surface area contributed by atoms with Crippen LogP contribution in [0.15, 0.2) is 54.6 Å². The van der Waals surface area contributed by atoms with Crippen LogP contribution in [0.25, 0.3) is 5.69 Å². The maximum absolute atomic E-state index is 13.8. The quantitative estimate of drug-likeness (QED) is 0.672. The maximum Gasteiger partial charge on any atom is 0.275 e. The van der Waals surface area contributed by atoms with E-state index in [0.29, 0.717) is 5.69 Å². The molecule has 154 valence electrons. The van der Waals surface area contributed by atoms with E-state index >= 15 is 0 Å². The van der Waals surface area contributed by atoms with Crippen LogP contribution in [0, 0.1) is 6.92 Å². The van der Waals surface area contributed by atoms with E-state index < -0.39 is 0 Å².